The van der Waals surface area contributed by atoms with Crippen LogP contribution in [0.5, 0.6) is 0 Å². The van der Waals surface area contributed by atoms with Crippen molar-refractivity contribution in [3.8, 4) is 0 Å². The Morgan fingerprint density at radius 1 is 0.452 bits per heavy atom. The van der Waals surface area contributed by atoms with Crippen molar-refractivity contribution in [3.63, 3.8) is 0 Å². The van der Waals surface area contributed by atoms with Crippen LogP contribution in [0.2, 0.25) is 0 Å². The Bertz CT molecular complexity index is 447. The van der Waals surface area contributed by atoms with Gasteiger partial charge in [-0.1, -0.05) is 117 Å². The zero-order chi connectivity index (χ0) is 23.0. The van der Waals surface area contributed by atoms with E-state index in [1.165, 1.54) is 77.0 Å². The molecular weight excluding hydrogens is 392 g/mol. The predicted octanol–water partition coefficient (Wildman–Crippen LogP) is 7.44. The first-order valence-electron chi connectivity index (χ1n) is 13.0. The molecule has 0 aliphatic carbocycles. The molecule has 0 aromatic carbocycles. The van der Waals surface area contributed by atoms with Gasteiger partial charge in [0.1, 0.15) is 0 Å². The van der Waals surface area contributed by atoms with Gasteiger partial charge in [-0.05, 0) is 12.8 Å². The molecule has 0 rings (SSSR count). The lowest BCUT2D eigenvalue weighted by Crippen LogP contribution is -2.19. The van der Waals surface area contributed by atoms with E-state index >= 15 is 0 Å². The summed E-state index contributed by atoms with van der Waals surface area (Å²) in [5.74, 6) is -1.70. The van der Waals surface area contributed by atoms with Gasteiger partial charge in [-0.25, -0.2) is 4.79 Å². The third-order valence-electron chi connectivity index (χ3n) is 5.55. The van der Waals surface area contributed by atoms with Gasteiger partial charge in [0.05, 0.1) is 0 Å². The van der Waals surface area contributed by atoms with E-state index in [9.17, 15) is 14.4 Å². The van der Waals surface area contributed by atoms with Crippen molar-refractivity contribution in [2.45, 2.75) is 142 Å². The van der Waals surface area contributed by atoms with Gasteiger partial charge in [0, 0.05) is 12.8 Å². The second-order valence-corrected chi connectivity index (χ2v) is 8.66. The van der Waals surface area contributed by atoms with Crippen LogP contribution in [0.25, 0.3) is 0 Å². The van der Waals surface area contributed by atoms with E-state index in [0.717, 1.165) is 38.5 Å². The highest BCUT2D eigenvalue weighted by Crippen LogP contribution is 2.12. The second-order valence-electron chi connectivity index (χ2n) is 8.66. The monoisotopic (exact) mass is 440 g/mol. The molecule has 0 aromatic rings. The number of unbranched alkanes of at least 4 members (excludes halogenated alkanes) is 16. The summed E-state index contributed by atoms with van der Waals surface area (Å²) in [6.07, 6.45) is 21.6. The number of carbonyl (C=O) groups excluding carboxylic acids is 3. The van der Waals surface area contributed by atoms with Crippen LogP contribution in [0.4, 0.5) is 0 Å². The number of hydrogen-bond donors (Lipinski definition) is 0. The summed E-state index contributed by atoms with van der Waals surface area (Å²) in [6.45, 7) is 3.96. The average molecular weight is 441 g/mol. The Hall–Kier alpha value is -1.39. The minimum atomic E-state index is -0.777. The molecule has 0 fully saturated rings. The van der Waals surface area contributed by atoms with E-state index in [0.29, 0.717) is 6.42 Å². The van der Waals surface area contributed by atoms with E-state index < -0.39 is 24.5 Å². The summed E-state index contributed by atoms with van der Waals surface area (Å²) in [6, 6.07) is 0. The molecule has 0 bridgehead atoms. The molecule has 0 atom stereocenters. The van der Waals surface area contributed by atoms with Crippen LogP contribution in [0, 0.1) is 0 Å². The van der Waals surface area contributed by atoms with E-state index in [1.807, 2.05) is 0 Å². The molecule has 0 heterocycles. The van der Waals surface area contributed by atoms with Gasteiger partial charge in [0.15, 0.2) is 6.61 Å². The highest BCUT2D eigenvalue weighted by atomic mass is 16.6. The molecule has 0 aliphatic rings. The number of hydrogen-bond acceptors (Lipinski definition) is 5. The van der Waals surface area contributed by atoms with Crippen molar-refractivity contribution in [3.05, 3.63) is 0 Å². The molecule has 5 heteroatoms. The largest absolute Gasteiger partial charge is 0.454 e. The highest BCUT2D eigenvalue weighted by Gasteiger charge is 2.13. The first-order valence-corrected chi connectivity index (χ1v) is 13.0. The first kappa shape index (κ1) is 29.6. The minimum absolute atomic E-state index is 0.244. The minimum Gasteiger partial charge on any atom is -0.454 e. The summed E-state index contributed by atoms with van der Waals surface area (Å²) in [5.41, 5.74) is 0. The molecule has 0 radical (unpaired) electrons. The topological polar surface area (TPSA) is 69.7 Å². The van der Waals surface area contributed by atoms with E-state index in [2.05, 4.69) is 13.8 Å². The lowest BCUT2D eigenvalue weighted by atomic mass is 10.1. The van der Waals surface area contributed by atoms with Crippen LogP contribution in [0.15, 0.2) is 0 Å². The molecule has 0 aromatic heterocycles. The van der Waals surface area contributed by atoms with Crippen LogP contribution in [-0.4, -0.2) is 24.5 Å². The van der Waals surface area contributed by atoms with Gasteiger partial charge in [-0.2, -0.15) is 0 Å². The Morgan fingerprint density at radius 2 is 0.806 bits per heavy atom. The van der Waals surface area contributed by atoms with Crippen molar-refractivity contribution in [1.29, 1.82) is 0 Å². The highest BCUT2D eigenvalue weighted by molar-refractivity contribution is 5.87. The summed E-state index contributed by atoms with van der Waals surface area (Å²) >= 11 is 0. The van der Waals surface area contributed by atoms with Crippen LogP contribution in [0.3, 0.4) is 0 Å². The zero-order valence-corrected chi connectivity index (χ0v) is 20.4. The molecule has 182 valence electrons. The van der Waals surface area contributed by atoms with Crippen LogP contribution < -0.4 is 0 Å². The fourth-order valence-corrected chi connectivity index (χ4v) is 3.58. The number of rotatable bonds is 22. The number of carbonyl (C=O) groups is 3. The Morgan fingerprint density at radius 3 is 1.23 bits per heavy atom. The standard InChI is InChI=1S/C26H48O5/c1-3-5-7-9-11-13-15-17-19-21-24(27)30-23-26(29)31-25(28)22-20-18-16-14-12-10-8-6-4-2/h3-23H2,1-2H3. The SMILES string of the molecule is CCCCCCCCCCCC(=O)OCC(=O)OC(=O)CCCCCCCCCCC. The van der Waals surface area contributed by atoms with Gasteiger partial charge in [-0.15, -0.1) is 0 Å². The summed E-state index contributed by atoms with van der Waals surface area (Å²) in [4.78, 5) is 35.0. The van der Waals surface area contributed by atoms with Crippen molar-refractivity contribution < 1.29 is 23.9 Å². The van der Waals surface area contributed by atoms with Gasteiger partial charge in [0.2, 0.25) is 0 Å². The number of esters is 3. The molecule has 0 unspecified atom stereocenters. The second kappa shape index (κ2) is 23.3. The molecule has 0 saturated heterocycles. The van der Waals surface area contributed by atoms with Gasteiger partial charge >= 0.3 is 17.9 Å². The fourth-order valence-electron chi connectivity index (χ4n) is 3.58. The molecular formula is C26H48O5. The Labute approximate surface area is 191 Å². The molecule has 5 nitrogen and oxygen atoms in total. The van der Waals surface area contributed by atoms with Crippen molar-refractivity contribution in [1.82, 2.24) is 0 Å². The number of ether oxygens (including phenoxy) is 2. The van der Waals surface area contributed by atoms with Gasteiger partial charge in [0.25, 0.3) is 0 Å². The van der Waals surface area contributed by atoms with Crippen LogP contribution in [0.1, 0.15) is 142 Å². The van der Waals surface area contributed by atoms with Gasteiger partial charge in [-0.3, -0.25) is 9.59 Å². The normalized spacial score (nSPS) is 10.8. The predicted molar refractivity (Wildman–Crippen MR) is 126 cm³/mol. The summed E-state index contributed by atoms with van der Waals surface area (Å²) in [7, 11) is 0. The molecule has 0 spiro atoms. The maximum absolute atomic E-state index is 11.7. The molecule has 0 N–H and O–H groups in total. The Balaban J connectivity index is 3.48. The van der Waals surface area contributed by atoms with E-state index in [-0.39, 0.29) is 6.42 Å². The molecule has 0 aliphatic heterocycles. The average Bonchev–Trinajstić information content (AvgIpc) is 2.75. The van der Waals surface area contributed by atoms with Crippen LogP contribution in [-0.2, 0) is 23.9 Å². The third-order valence-corrected chi connectivity index (χ3v) is 5.55. The lowest BCUT2D eigenvalue weighted by molar-refractivity contribution is -0.167. The summed E-state index contributed by atoms with van der Waals surface area (Å²) in [5, 5.41) is 0. The van der Waals surface area contributed by atoms with Gasteiger partial charge < -0.3 is 9.47 Å². The van der Waals surface area contributed by atoms with Crippen molar-refractivity contribution >= 4 is 17.9 Å². The van der Waals surface area contributed by atoms with Crippen molar-refractivity contribution in [2.24, 2.45) is 0 Å². The van der Waals surface area contributed by atoms with E-state index in [4.69, 9.17) is 9.47 Å². The maximum Gasteiger partial charge on any atom is 0.351 e. The Kier molecular flexibility index (Phi) is 22.2. The first-order chi connectivity index (χ1) is 15.1. The fraction of sp³-hybridized carbons (Fsp3) is 0.885. The van der Waals surface area contributed by atoms with Crippen molar-refractivity contribution in [2.75, 3.05) is 6.61 Å². The summed E-state index contributed by atoms with van der Waals surface area (Å²) < 4.78 is 9.62. The molecule has 0 amide bonds. The molecule has 31 heavy (non-hydrogen) atoms. The third kappa shape index (κ3) is 23.1. The van der Waals surface area contributed by atoms with Crippen LogP contribution >= 0.6 is 0 Å². The van der Waals surface area contributed by atoms with E-state index in [1.54, 1.807) is 0 Å². The molecule has 0 saturated carbocycles. The quantitative estimate of drug-likeness (QED) is 0.0993. The smallest absolute Gasteiger partial charge is 0.351 e. The maximum atomic E-state index is 11.7. The zero-order valence-electron chi connectivity index (χ0n) is 20.4. The lowest BCUT2D eigenvalue weighted by Gasteiger charge is -2.06.